The predicted molar refractivity (Wildman–Crippen MR) is 90.1 cm³/mol. The number of likely N-dealkylation sites (tertiary alicyclic amines) is 1. The first-order chi connectivity index (χ1) is 11.0. The third-order valence-electron chi connectivity index (χ3n) is 4.43. The highest BCUT2D eigenvalue weighted by Gasteiger charge is 2.41. The lowest BCUT2D eigenvalue weighted by molar-refractivity contribution is -0.157. The Kier molecular flexibility index (Phi) is 6.16. The molecule has 0 bridgehead atoms. The normalized spacial score (nSPS) is 22.0. The van der Waals surface area contributed by atoms with Crippen LogP contribution in [-0.4, -0.2) is 52.9 Å². The average Bonchev–Trinajstić information content (AvgIpc) is 2.53. The standard InChI is InChI=1S/C18H28N2O3/c1-14(2)16-6-4-15(5-7-16)12-20-10-3-8-18(23,17(20)22)13-19-9-11-21/h4-7,14,19,21,23H,3,8-13H2,1-2H3/t18-/m0/s1. The number of aliphatic hydroxyl groups is 2. The highest BCUT2D eigenvalue weighted by atomic mass is 16.3. The number of hydrogen-bond donors (Lipinski definition) is 3. The van der Waals surface area contributed by atoms with Crippen molar-refractivity contribution in [2.75, 3.05) is 26.2 Å². The van der Waals surface area contributed by atoms with E-state index in [1.807, 2.05) is 0 Å². The molecular weight excluding hydrogens is 292 g/mol. The van der Waals surface area contributed by atoms with Gasteiger partial charge < -0.3 is 20.4 Å². The van der Waals surface area contributed by atoms with Gasteiger partial charge in [-0.2, -0.15) is 0 Å². The van der Waals surface area contributed by atoms with Crippen molar-refractivity contribution in [2.45, 2.75) is 44.8 Å². The van der Waals surface area contributed by atoms with E-state index in [9.17, 15) is 9.90 Å². The van der Waals surface area contributed by atoms with Gasteiger partial charge in [0.25, 0.3) is 5.91 Å². The maximum atomic E-state index is 12.6. The summed E-state index contributed by atoms with van der Waals surface area (Å²) in [7, 11) is 0. The number of hydrogen-bond acceptors (Lipinski definition) is 4. The number of piperidine rings is 1. The fourth-order valence-corrected chi connectivity index (χ4v) is 2.98. The number of nitrogens with one attached hydrogen (secondary N) is 1. The largest absolute Gasteiger partial charge is 0.395 e. The topological polar surface area (TPSA) is 72.8 Å². The Hall–Kier alpha value is -1.43. The molecule has 5 nitrogen and oxygen atoms in total. The molecule has 0 aliphatic carbocycles. The van der Waals surface area contributed by atoms with E-state index >= 15 is 0 Å². The third-order valence-corrected chi connectivity index (χ3v) is 4.43. The molecular formula is C18H28N2O3. The number of aliphatic hydroxyl groups excluding tert-OH is 1. The first-order valence-corrected chi connectivity index (χ1v) is 8.38. The maximum absolute atomic E-state index is 12.6. The van der Waals surface area contributed by atoms with Gasteiger partial charge in [0.15, 0.2) is 5.60 Å². The summed E-state index contributed by atoms with van der Waals surface area (Å²) in [6, 6.07) is 8.31. The third kappa shape index (κ3) is 4.53. The van der Waals surface area contributed by atoms with Gasteiger partial charge >= 0.3 is 0 Å². The van der Waals surface area contributed by atoms with Gasteiger partial charge in [0.05, 0.1) is 6.61 Å². The van der Waals surface area contributed by atoms with Gasteiger partial charge in [0.1, 0.15) is 0 Å². The van der Waals surface area contributed by atoms with E-state index in [2.05, 4.69) is 43.4 Å². The molecule has 1 fully saturated rings. The first kappa shape index (κ1) is 17.9. The fraction of sp³-hybridized carbons (Fsp3) is 0.611. The Morgan fingerprint density at radius 3 is 2.61 bits per heavy atom. The van der Waals surface area contributed by atoms with Gasteiger partial charge in [-0.25, -0.2) is 0 Å². The first-order valence-electron chi connectivity index (χ1n) is 8.38. The monoisotopic (exact) mass is 320 g/mol. The number of nitrogens with zero attached hydrogens (tertiary/aromatic N) is 1. The van der Waals surface area contributed by atoms with Gasteiger partial charge in [0.2, 0.25) is 0 Å². The van der Waals surface area contributed by atoms with Crippen molar-refractivity contribution in [1.29, 1.82) is 0 Å². The van der Waals surface area contributed by atoms with Gasteiger partial charge in [-0.1, -0.05) is 38.1 Å². The van der Waals surface area contributed by atoms with E-state index < -0.39 is 5.60 Å². The van der Waals surface area contributed by atoms with Crippen molar-refractivity contribution in [3.8, 4) is 0 Å². The molecule has 1 atom stereocenters. The summed E-state index contributed by atoms with van der Waals surface area (Å²) in [6.07, 6.45) is 1.25. The van der Waals surface area contributed by atoms with Crippen molar-refractivity contribution in [3.05, 3.63) is 35.4 Å². The van der Waals surface area contributed by atoms with Crippen LogP contribution in [0.15, 0.2) is 24.3 Å². The summed E-state index contributed by atoms with van der Waals surface area (Å²) >= 11 is 0. The van der Waals surface area contributed by atoms with E-state index in [4.69, 9.17) is 5.11 Å². The molecule has 5 heteroatoms. The van der Waals surface area contributed by atoms with Crippen molar-refractivity contribution < 1.29 is 15.0 Å². The summed E-state index contributed by atoms with van der Waals surface area (Å²) in [5.41, 5.74) is 1.00. The molecule has 3 N–H and O–H groups in total. The molecule has 1 aliphatic rings. The molecule has 128 valence electrons. The molecule has 23 heavy (non-hydrogen) atoms. The van der Waals surface area contributed by atoms with Crippen LogP contribution in [0.1, 0.15) is 43.7 Å². The summed E-state index contributed by atoms with van der Waals surface area (Å²) < 4.78 is 0. The van der Waals surface area contributed by atoms with E-state index in [0.717, 1.165) is 12.0 Å². The molecule has 1 saturated heterocycles. The number of amides is 1. The Morgan fingerprint density at radius 1 is 1.30 bits per heavy atom. The second-order valence-corrected chi connectivity index (χ2v) is 6.66. The molecule has 1 heterocycles. The lowest BCUT2D eigenvalue weighted by Gasteiger charge is -2.38. The van der Waals surface area contributed by atoms with Crippen LogP contribution in [-0.2, 0) is 11.3 Å². The van der Waals surface area contributed by atoms with Crippen molar-refractivity contribution in [2.24, 2.45) is 0 Å². The van der Waals surface area contributed by atoms with Crippen LogP contribution in [0.5, 0.6) is 0 Å². The molecule has 0 aromatic heterocycles. The zero-order chi connectivity index (χ0) is 16.9. The second kappa shape index (κ2) is 7.90. The molecule has 0 radical (unpaired) electrons. The summed E-state index contributed by atoms with van der Waals surface area (Å²) in [6.45, 7) is 6.08. The van der Waals surface area contributed by atoms with E-state index in [0.29, 0.717) is 32.0 Å². The smallest absolute Gasteiger partial charge is 0.256 e. The van der Waals surface area contributed by atoms with E-state index in [1.54, 1.807) is 4.90 Å². The fourth-order valence-electron chi connectivity index (χ4n) is 2.98. The van der Waals surface area contributed by atoms with Gasteiger partial charge in [-0.3, -0.25) is 4.79 Å². The van der Waals surface area contributed by atoms with Gasteiger partial charge in [-0.05, 0) is 29.9 Å². The second-order valence-electron chi connectivity index (χ2n) is 6.66. The van der Waals surface area contributed by atoms with Crippen molar-refractivity contribution >= 4 is 5.91 Å². The summed E-state index contributed by atoms with van der Waals surface area (Å²) in [4.78, 5) is 14.3. The minimum Gasteiger partial charge on any atom is -0.395 e. The lowest BCUT2D eigenvalue weighted by Crippen LogP contribution is -2.57. The minimum absolute atomic E-state index is 0.00379. The highest BCUT2D eigenvalue weighted by Crippen LogP contribution is 2.24. The maximum Gasteiger partial charge on any atom is 0.256 e. The molecule has 1 aromatic carbocycles. The van der Waals surface area contributed by atoms with E-state index in [1.165, 1.54) is 5.56 Å². The number of carbonyl (C=O) groups is 1. The van der Waals surface area contributed by atoms with Gasteiger partial charge in [0, 0.05) is 26.2 Å². The van der Waals surface area contributed by atoms with Crippen LogP contribution in [0.3, 0.4) is 0 Å². The minimum atomic E-state index is -1.36. The molecule has 0 saturated carbocycles. The molecule has 0 spiro atoms. The van der Waals surface area contributed by atoms with Crippen LogP contribution >= 0.6 is 0 Å². The Balaban J connectivity index is 2.00. The van der Waals surface area contributed by atoms with Crippen LogP contribution in [0.4, 0.5) is 0 Å². The molecule has 1 amide bonds. The number of benzene rings is 1. The zero-order valence-corrected chi connectivity index (χ0v) is 14.1. The Labute approximate surface area is 138 Å². The Bertz CT molecular complexity index is 516. The number of rotatable bonds is 7. The molecule has 1 aliphatic heterocycles. The SMILES string of the molecule is CC(C)c1ccc(CN2CCC[C@](O)(CNCCO)C2=O)cc1. The molecule has 0 unspecified atom stereocenters. The van der Waals surface area contributed by atoms with Crippen LogP contribution in [0.2, 0.25) is 0 Å². The number of carbonyl (C=O) groups excluding carboxylic acids is 1. The average molecular weight is 320 g/mol. The predicted octanol–water partition coefficient (Wildman–Crippen LogP) is 1.25. The van der Waals surface area contributed by atoms with Crippen molar-refractivity contribution in [3.63, 3.8) is 0 Å². The zero-order valence-electron chi connectivity index (χ0n) is 14.1. The summed E-state index contributed by atoms with van der Waals surface area (Å²) in [5.74, 6) is 0.269. The van der Waals surface area contributed by atoms with Crippen LogP contribution in [0, 0.1) is 0 Å². The van der Waals surface area contributed by atoms with Crippen LogP contribution < -0.4 is 5.32 Å². The quantitative estimate of drug-likeness (QED) is 0.661. The van der Waals surface area contributed by atoms with Crippen molar-refractivity contribution in [1.82, 2.24) is 10.2 Å². The Morgan fingerprint density at radius 2 is 2.00 bits per heavy atom. The summed E-state index contributed by atoms with van der Waals surface area (Å²) in [5, 5.41) is 22.3. The van der Waals surface area contributed by atoms with Crippen LogP contribution in [0.25, 0.3) is 0 Å². The highest BCUT2D eigenvalue weighted by molar-refractivity contribution is 5.86. The molecule has 1 aromatic rings. The lowest BCUT2D eigenvalue weighted by atomic mass is 9.91. The van der Waals surface area contributed by atoms with Gasteiger partial charge in [-0.15, -0.1) is 0 Å². The van der Waals surface area contributed by atoms with E-state index in [-0.39, 0.29) is 19.1 Å². The molecule has 2 rings (SSSR count).